The van der Waals surface area contributed by atoms with Gasteiger partial charge < -0.3 is 30.5 Å². The largest absolute Gasteiger partial charge is 2.00 e. The van der Waals surface area contributed by atoms with Crippen molar-refractivity contribution >= 4 is 0 Å². The minimum atomic E-state index is -4.94. The van der Waals surface area contributed by atoms with Crippen LogP contribution in [0.3, 0.4) is 0 Å². The molecule has 1 radical (unpaired) electrons. The molecule has 0 fully saturated rings. The Kier molecular flexibility index (Phi) is 19.0. The number of rotatable bonds is 0. The van der Waals surface area contributed by atoms with E-state index in [1.165, 1.54) is 0 Å². The summed E-state index contributed by atoms with van der Waals surface area (Å²) in [7, 11) is -9.89. The van der Waals surface area contributed by atoms with Gasteiger partial charge in [0, 0.05) is 50.4 Å². The van der Waals surface area contributed by atoms with Gasteiger partial charge in [0.2, 0.25) is 0 Å². The summed E-state index contributed by atoms with van der Waals surface area (Å²) in [5.41, 5.74) is 2.16. The SMILES string of the molecule is OC1COc2ccccc2CNCCNCCNCc2ccccc2OC1.[Co+2].[O-][Cl+3]([O-])([O-])[O-].[O-][Cl+3]([O-])([O-])[O-]. The zero-order chi connectivity index (χ0) is 27.7. The molecule has 2 aromatic rings. The smallest absolute Gasteiger partial charge is 0.490 e. The Hall–Kier alpha value is -1.35. The fraction of sp³-hybridized carbons (Fsp3) is 0.429. The maximum Gasteiger partial charge on any atom is 2.00 e. The molecule has 1 heterocycles. The third-order valence-corrected chi connectivity index (χ3v) is 4.40. The van der Waals surface area contributed by atoms with Crippen LogP contribution in [0, 0.1) is 20.5 Å². The van der Waals surface area contributed by atoms with Gasteiger partial charge in [-0.2, -0.15) is 0 Å². The van der Waals surface area contributed by atoms with E-state index in [1.807, 2.05) is 48.5 Å². The molecule has 3 rings (SSSR count). The Morgan fingerprint density at radius 1 is 0.605 bits per heavy atom. The van der Waals surface area contributed by atoms with E-state index in [2.05, 4.69) is 16.0 Å². The van der Waals surface area contributed by atoms with E-state index in [1.54, 1.807) is 0 Å². The van der Waals surface area contributed by atoms with Crippen molar-refractivity contribution < 1.29 is 89.1 Å². The van der Waals surface area contributed by atoms with E-state index in [0.29, 0.717) is 0 Å². The second-order valence-corrected chi connectivity index (χ2v) is 8.86. The molecular weight excluding hydrogens is 600 g/mol. The molecule has 0 spiro atoms. The Morgan fingerprint density at radius 2 is 0.921 bits per heavy atom. The predicted octanol–water partition coefficient (Wildman–Crippen LogP) is -8.23. The van der Waals surface area contributed by atoms with E-state index >= 15 is 0 Å². The zero-order valence-corrected chi connectivity index (χ0v) is 22.5. The monoisotopic (exact) mass is 628 g/mol. The number of aliphatic hydroxyl groups is 1. The molecule has 0 aliphatic carbocycles. The Morgan fingerprint density at radius 3 is 1.29 bits per heavy atom. The fourth-order valence-electron chi connectivity index (χ4n) is 2.93. The normalized spacial score (nSPS) is 16.0. The molecule has 1 aliphatic rings. The van der Waals surface area contributed by atoms with Crippen molar-refractivity contribution in [2.24, 2.45) is 0 Å². The summed E-state index contributed by atoms with van der Waals surface area (Å²) >= 11 is 0. The van der Waals surface area contributed by atoms with E-state index < -0.39 is 26.6 Å². The summed E-state index contributed by atoms with van der Waals surface area (Å²) in [6.07, 6.45) is -0.699. The summed E-state index contributed by atoms with van der Waals surface area (Å²) in [6.45, 7) is 5.43. The first kappa shape index (κ1) is 36.6. The number of hydrogen-bond donors (Lipinski definition) is 4. The van der Waals surface area contributed by atoms with Gasteiger partial charge in [0.1, 0.15) is 30.8 Å². The van der Waals surface area contributed by atoms with E-state index in [-0.39, 0.29) is 30.0 Å². The van der Waals surface area contributed by atoms with E-state index in [0.717, 1.165) is 61.9 Å². The number of ether oxygens (including phenoxy) is 2. The molecular formula is C21H29Cl2CoN3O11. The van der Waals surface area contributed by atoms with Crippen LogP contribution in [0.1, 0.15) is 11.1 Å². The average Bonchev–Trinajstić information content (AvgIpc) is 2.79. The van der Waals surface area contributed by atoms with Gasteiger partial charge in [0.05, 0.1) is 0 Å². The minimum Gasteiger partial charge on any atom is -0.490 e. The van der Waals surface area contributed by atoms with Crippen LogP contribution in [-0.2, 0) is 29.9 Å². The average molecular weight is 629 g/mol. The molecule has 0 aromatic heterocycles. The number of benzene rings is 2. The standard InChI is InChI=1S/C21H29N3O3.2ClHO4.Co/c25-19-15-26-20-7-3-1-5-17(20)13-23-11-9-22-10-12-24-14-18-6-2-4-8-21(18)27-16-19;2*2-1(3,4)5;/h1-8,19,22-25H,9-16H2;2*(H,2,3,4,5);/q;;;+2/p-2. The molecule has 0 saturated heterocycles. The third kappa shape index (κ3) is 21.6. The first-order valence-electron chi connectivity index (χ1n) is 10.8. The fourth-order valence-corrected chi connectivity index (χ4v) is 2.93. The maximum absolute atomic E-state index is 10.3. The molecule has 0 amide bonds. The first-order valence-corrected chi connectivity index (χ1v) is 13.2. The number of para-hydroxylation sites is 2. The van der Waals surface area contributed by atoms with Gasteiger partial charge in [0.15, 0.2) is 0 Å². The van der Waals surface area contributed by atoms with Crippen molar-refractivity contribution in [3.63, 3.8) is 0 Å². The number of halogens is 2. The van der Waals surface area contributed by atoms with Gasteiger partial charge in [-0.05, 0) is 12.1 Å². The summed E-state index contributed by atoms with van der Waals surface area (Å²) in [6, 6.07) is 15.8. The quantitative estimate of drug-likeness (QED) is 0.211. The maximum atomic E-state index is 10.3. The molecule has 0 saturated carbocycles. The second-order valence-electron chi connectivity index (χ2n) is 7.35. The van der Waals surface area contributed by atoms with Gasteiger partial charge in [-0.1, -0.05) is 36.4 Å². The van der Waals surface area contributed by atoms with Gasteiger partial charge in [-0.15, -0.1) is 20.5 Å². The van der Waals surface area contributed by atoms with E-state index in [9.17, 15) is 5.11 Å². The Balaban J connectivity index is 0.00000107. The number of aliphatic hydroxyl groups excluding tert-OH is 1. The molecule has 14 nitrogen and oxygen atoms in total. The zero-order valence-electron chi connectivity index (χ0n) is 20.0. The molecule has 0 bridgehead atoms. The molecule has 38 heavy (non-hydrogen) atoms. The number of nitrogens with one attached hydrogen (secondary N) is 3. The van der Waals surface area contributed by atoms with Gasteiger partial charge >= 0.3 is 16.8 Å². The molecule has 17 heteroatoms. The first-order chi connectivity index (χ1) is 17.3. The van der Waals surface area contributed by atoms with Crippen molar-refractivity contribution in [1.82, 2.24) is 16.0 Å². The molecule has 217 valence electrons. The van der Waals surface area contributed by atoms with Crippen LogP contribution in [-0.4, -0.2) is 50.6 Å². The van der Waals surface area contributed by atoms with Crippen molar-refractivity contribution in [2.45, 2.75) is 19.2 Å². The van der Waals surface area contributed by atoms with Crippen LogP contribution < -0.4 is 62.7 Å². The summed E-state index contributed by atoms with van der Waals surface area (Å²) < 4.78 is 79.6. The second kappa shape index (κ2) is 19.7. The Bertz CT molecular complexity index is 810. The van der Waals surface area contributed by atoms with Crippen molar-refractivity contribution in [3.05, 3.63) is 59.7 Å². The third-order valence-electron chi connectivity index (χ3n) is 4.40. The molecule has 1 aliphatic heterocycles. The van der Waals surface area contributed by atoms with Crippen LogP contribution in [0.15, 0.2) is 48.5 Å². The van der Waals surface area contributed by atoms with Crippen molar-refractivity contribution in [1.29, 1.82) is 0 Å². The summed E-state index contributed by atoms with van der Waals surface area (Å²) in [5, 5.41) is 20.5. The van der Waals surface area contributed by atoms with Gasteiger partial charge in [-0.25, -0.2) is 37.3 Å². The van der Waals surface area contributed by atoms with Crippen LogP contribution in [0.4, 0.5) is 0 Å². The molecule has 2 aromatic carbocycles. The number of hydrogen-bond acceptors (Lipinski definition) is 14. The van der Waals surface area contributed by atoms with Crippen LogP contribution >= 0.6 is 0 Å². The topological polar surface area (TPSA) is 259 Å². The molecule has 0 atom stereocenters. The Labute approximate surface area is 234 Å². The van der Waals surface area contributed by atoms with Crippen molar-refractivity contribution in [2.75, 3.05) is 39.4 Å². The van der Waals surface area contributed by atoms with Gasteiger partial charge in [0.25, 0.3) is 0 Å². The van der Waals surface area contributed by atoms with Crippen molar-refractivity contribution in [3.8, 4) is 11.5 Å². The minimum absolute atomic E-state index is 0. The van der Waals surface area contributed by atoms with Crippen LogP contribution in [0.2, 0.25) is 0 Å². The summed E-state index contributed by atoms with van der Waals surface area (Å²) in [5.74, 6) is 1.59. The number of fused-ring (bicyclic) bond motifs is 2. The van der Waals surface area contributed by atoms with Crippen LogP contribution in [0.5, 0.6) is 11.5 Å². The predicted molar refractivity (Wildman–Crippen MR) is 106 cm³/mol. The van der Waals surface area contributed by atoms with Crippen LogP contribution in [0.25, 0.3) is 0 Å². The molecule has 0 unspecified atom stereocenters. The van der Waals surface area contributed by atoms with Gasteiger partial charge in [-0.3, -0.25) is 0 Å². The van der Waals surface area contributed by atoms with E-state index in [4.69, 9.17) is 46.7 Å². The molecule has 4 N–H and O–H groups in total. The summed E-state index contributed by atoms with van der Waals surface area (Å²) in [4.78, 5) is 0.